The Bertz CT molecular complexity index is 2130. The maximum atomic E-state index is 15.3. The monoisotopic (exact) mass is 774 g/mol. The maximum absolute atomic E-state index is 15.3. The number of halogens is 4. The highest BCUT2D eigenvalue weighted by atomic mass is 32.2. The Morgan fingerprint density at radius 3 is 2.47 bits per heavy atom. The maximum Gasteiger partial charge on any atom is 0.393 e. The molecule has 4 aromatic rings. The summed E-state index contributed by atoms with van der Waals surface area (Å²) in [6, 6.07) is 10.4. The van der Waals surface area contributed by atoms with E-state index < -0.39 is 68.7 Å². The average Bonchev–Trinajstić information content (AvgIpc) is 3.81. The first-order chi connectivity index (χ1) is 25.3. The molecule has 6 rings (SSSR count). The van der Waals surface area contributed by atoms with E-state index in [0.717, 1.165) is 29.7 Å². The molecule has 0 radical (unpaired) electrons. The second kappa shape index (κ2) is 15.7. The second-order valence-electron chi connectivity index (χ2n) is 12.5. The molecule has 0 saturated carbocycles. The SMILES string of the molecule is CCC1(c2ccc(S(=O)(=O)N3CCNC[C@@H]3CCc3c(F)cncc3NC(=O)C[C@@H](c3ccc(F)cc3)c3cc(F)cc(F)c3)s2)N=C(C(=O)O)ON1. The van der Waals surface area contributed by atoms with Crippen LogP contribution in [0.4, 0.5) is 23.2 Å². The predicted molar refractivity (Wildman–Crippen MR) is 186 cm³/mol. The summed E-state index contributed by atoms with van der Waals surface area (Å²) in [5.74, 6) is -6.42. The van der Waals surface area contributed by atoms with Gasteiger partial charge in [-0.3, -0.25) is 9.78 Å². The zero-order valence-electron chi connectivity index (χ0n) is 28.1. The fourth-order valence-corrected chi connectivity index (χ4v) is 9.64. The second-order valence-corrected chi connectivity index (χ2v) is 15.7. The van der Waals surface area contributed by atoms with E-state index in [0.29, 0.717) is 23.1 Å². The Morgan fingerprint density at radius 2 is 1.79 bits per heavy atom. The minimum atomic E-state index is -4.08. The zero-order valence-corrected chi connectivity index (χ0v) is 29.7. The summed E-state index contributed by atoms with van der Waals surface area (Å²) in [6.45, 7) is 2.49. The smallest absolute Gasteiger partial charge is 0.393 e. The molecule has 18 heteroatoms. The number of carbonyl (C=O) groups excluding carboxylic acids is 1. The number of carboxylic acid groups (broad SMARTS) is 1. The van der Waals surface area contributed by atoms with Crippen LogP contribution in [0, 0.1) is 23.3 Å². The number of aliphatic carboxylic acids is 1. The molecule has 4 heterocycles. The number of hydrogen-bond acceptors (Lipinski definition) is 10. The van der Waals surface area contributed by atoms with Crippen LogP contribution in [0.5, 0.6) is 0 Å². The zero-order chi connectivity index (χ0) is 37.9. The molecule has 2 aromatic heterocycles. The molecule has 2 aliphatic rings. The van der Waals surface area contributed by atoms with Crippen molar-refractivity contribution in [2.24, 2.45) is 4.99 Å². The highest BCUT2D eigenvalue weighted by Crippen LogP contribution is 2.38. The van der Waals surface area contributed by atoms with Gasteiger partial charge in [-0.15, -0.1) is 16.8 Å². The fraction of sp³-hybridized carbons (Fsp3) is 0.314. The normalized spacial score (nSPS) is 19.7. The van der Waals surface area contributed by atoms with Crippen molar-refractivity contribution in [1.29, 1.82) is 0 Å². The van der Waals surface area contributed by atoms with E-state index in [1.165, 1.54) is 40.8 Å². The van der Waals surface area contributed by atoms with E-state index in [1.54, 1.807) is 13.0 Å². The third-order valence-electron chi connectivity index (χ3n) is 9.11. The van der Waals surface area contributed by atoms with E-state index in [9.17, 15) is 36.3 Å². The number of amides is 1. The summed E-state index contributed by atoms with van der Waals surface area (Å²) in [7, 11) is -4.08. The minimum Gasteiger partial charge on any atom is -0.474 e. The molecule has 280 valence electrons. The first-order valence-corrected chi connectivity index (χ1v) is 18.8. The van der Waals surface area contributed by atoms with Gasteiger partial charge in [0.25, 0.3) is 10.0 Å². The largest absolute Gasteiger partial charge is 0.474 e. The molecule has 0 bridgehead atoms. The summed E-state index contributed by atoms with van der Waals surface area (Å²) in [5.41, 5.74) is 2.01. The van der Waals surface area contributed by atoms with E-state index in [4.69, 9.17) is 4.84 Å². The number of aromatic nitrogens is 1. The Morgan fingerprint density at radius 1 is 1.06 bits per heavy atom. The molecule has 2 aliphatic heterocycles. The van der Waals surface area contributed by atoms with E-state index in [-0.39, 0.29) is 59.8 Å². The fourth-order valence-electron chi connectivity index (χ4n) is 6.40. The number of nitrogens with zero attached hydrogens (tertiary/aromatic N) is 3. The molecule has 1 unspecified atom stereocenters. The number of pyridine rings is 1. The lowest BCUT2D eigenvalue weighted by molar-refractivity contribution is -0.131. The molecule has 53 heavy (non-hydrogen) atoms. The number of sulfonamides is 1. The van der Waals surface area contributed by atoms with Gasteiger partial charge in [0.15, 0.2) is 5.66 Å². The van der Waals surface area contributed by atoms with Gasteiger partial charge in [0.05, 0.1) is 23.0 Å². The number of carbonyl (C=O) groups is 2. The van der Waals surface area contributed by atoms with Gasteiger partial charge in [-0.1, -0.05) is 19.1 Å². The number of carboxylic acids is 1. The van der Waals surface area contributed by atoms with Crippen LogP contribution in [-0.2, 0) is 36.5 Å². The van der Waals surface area contributed by atoms with E-state index in [1.807, 2.05) is 0 Å². The summed E-state index contributed by atoms with van der Waals surface area (Å²) in [6.07, 6.45) is 2.32. The lowest BCUT2D eigenvalue weighted by Crippen LogP contribution is -2.53. The van der Waals surface area contributed by atoms with Gasteiger partial charge >= 0.3 is 11.9 Å². The van der Waals surface area contributed by atoms with Gasteiger partial charge in [0, 0.05) is 49.6 Å². The van der Waals surface area contributed by atoms with E-state index >= 15 is 4.39 Å². The summed E-state index contributed by atoms with van der Waals surface area (Å²) in [4.78, 5) is 38.3. The van der Waals surface area contributed by atoms with Gasteiger partial charge in [-0.2, -0.15) is 4.31 Å². The Balaban J connectivity index is 1.19. The number of thiophene rings is 1. The molecule has 0 aliphatic carbocycles. The highest BCUT2D eigenvalue weighted by Gasteiger charge is 2.42. The molecular weight excluding hydrogens is 741 g/mol. The van der Waals surface area contributed by atoms with Gasteiger partial charge in [0.1, 0.15) is 27.5 Å². The summed E-state index contributed by atoms with van der Waals surface area (Å²) in [5, 5.41) is 15.1. The van der Waals surface area contributed by atoms with Crippen LogP contribution < -0.4 is 16.1 Å². The van der Waals surface area contributed by atoms with Gasteiger partial charge in [-0.25, -0.2) is 35.8 Å². The standard InChI is InChI=1S/C35H34F4N6O6S2/c1-2-35(43-33(34(47)48)51-44-35)30-9-10-32(52-30)53(49,50)45-12-11-40-17-25(45)7-8-26-28(39)18-41-19-29(26)42-31(46)16-27(20-3-5-22(36)6-4-20)21-13-23(37)15-24(38)14-21/h3-6,9-10,13-15,18-19,25,27,40,44H,2,7-8,11-12,16-17H2,1H3,(H,42,46)(H,47,48)/t25-,27-,35?/m0/s1. The molecule has 0 spiro atoms. The number of hydrogen-bond donors (Lipinski definition) is 4. The van der Waals surface area contributed by atoms with Crippen molar-refractivity contribution in [1.82, 2.24) is 20.1 Å². The lowest BCUT2D eigenvalue weighted by atomic mass is 9.88. The van der Waals surface area contributed by atoms with Crippen molar-refractivity contribution in [3.8, 4) is 0 Å². The van der Waals surface area contributed by atoms with Crippen molar-refractivity contribution in [2.75, 3.05) is 25.0 Å². The van der Waals surface area contributed by atoms with Gasteiger partial charge in [-0.05, 0) is 66.8 Å². The summed E-state index contributed by atoms with van der Waals surface area (Å²) < 4.78 is 86.8. The molecule has 2 aromatic carbocycles. The van der Waals surface area contributed by atoms with Crippen LogP contribution in [0.2, 0.25) is 0 Å². The van der Waals surface area contributed by atoms with Crippen LogP contribution in [0.15, 0.2) is 76.2 Å². The van der Waals surface area contributed by atoms with Crippen molar-refractivity contribution in [3.63, 3.8) is 0 Å². The molecule has 12 nitrogen and oxygen atoms in total. The summed E-state index contributed by atoms with van der Waals surface area (Å²) >= 11 is 0.931. The molecule has 3 atom stereocenters. The first-order valence-electron chi connectivity index (χ1n) is 16.5. The van der Waals surface area contributed by atoms with Crippen LogP contribution in [-0.4, -0.2) is 66.3 Å². The van der Waals surface area contributed by atoms with Crippen LogP contribution in [0.3, 0.4) is 0 Å². The third kappa shape index (κ3) is 8.26. The van der Waals surface area contributed by atoms with Crippen LogP contribution in [0.1, 0.15) is 53.7 Å². The number of piperazine rings is 1. The van der Waals surface area contributed by atoms with Gasteiger partial charge in [0.2, 0.25) is 5.91 Å². The lowest BCUT2D eigenvalue weighted by Gasteiger charge is -2.35. The number of nitrogens with one attached hydrogen (secondary N) is 3. The third-order valence-corrected chi connectivity index (χ3v) is 12.8. The van der Waals surface area contributed by atoms with Crippen molar-refractivity contribution < 1.29 is 45.5 Å². The molecule has 1 amide bonds. The number of benzene rings is 2. The number of hydroxylamine groups is 1. The first kappa shape index (κ1) is 38.0. The number of aliphatic imine (C=N–C) groups is 1. The molecule has 4 N–H and O–H groups in total. The van der Waals surface area contributed by atoms with Crippen molar-refractivity contribution in [2.45, 2.75) is 54.4 Å². The predicted octanol–water partition coefficient (Wildman–Crippen LogP) is 5.04. The minimum absolute atomic E-state index is 0.00140. The van der Waals surface area contributed by atoms with E-state index in [2.05, 4.69) is 26.1 Å². The number of rotatable bonds is 13. The van der Waals surface area contributed by atoms with Gasteiger partial charge < -0.3 is 20.6 Å². The average molecular weight is 775 g/mol. The molecular formula is C35H34F4N6O6S2. The van der Waals surface area contributed by atoms with Crippen molar-refractivity contribution in [3.05, 3.63) is 112 Å². The van der Waals surface area contributed by atoms with Crippen LogP contribution in [0.25, 0.3) is 0 Å². The Labute approximate surface area is 305 Å². The number of anilines is 1. The molecule has 1 saturated heterocycles. The van der Waals surface area contributed by atoms with Crippen molar-refractivity contribution >= 4 is 44.8 Å². The Kier molecular flexibility index (Phi) is 11.2. The topological polar surface area (TPSA) is 162 Å². The van der Waals surface area contributed by atoms with Crippen LogP contribution >= 0.6 is 11.3 Å². The molecule has 1 fully saturated rings. The quantitative estimate of drug-likeness (QED) is 0.137. The Hall–Kier alpha value is -4.75. The highest BCUT2D eigenvalue weighted by molar-refractivity contribution is 7.91.